The maximum absolute atomic E-state index is 5.81. The molecule has 0 amide bonds. The Bertz CT molecular complexity index is 371. The minimum Gasteiger partial charge on any atom is -0.491 e. The van der Waals surface area contributed by atoms with Gasteiger partial charge in [-0.25, -0.2) is 0 Å². The third kappa shape index (κ3) is 5.93. The fourth-order valence-corrected chi connectivity index (χ4v) is 2.19. The highest BCUT2D eigenvalue weighted by Crippen LogP contribution is 2.28. The lowest BCUT2D eigenvalue weighted by Crippen LogP contribution is -2.20. The topological polar surface area (TPSA) is 30.5 Å². The molecule has 0 radical (unpaired) electrons. The largest absolute Gasteiger partial charge is 0.491 e. The normalized spacial score (nSPS) is 12.4. The number of halogens is 1. The van der Waals surface area contributed by atoms with E-state index in [1.807, 2.05) is 19.1 Å². The van der Waals surface area contributed by atoms with Crippen molar-refractivity contribution in [3.8, 4) is 5.75 Å². The smallest absolute Gasteiger partial charge is 0.124 e. The lowest BCUT2D eigenvalue weighted by Gasteiger charge is -2.18. The molecule has 1 atom stereocenters. The van der Waals surface area contributed by atoms with Crippen molar-refractivity contribution in [1.82, 2.24) is 5.32 Å². The second-order valence-corrected chi connectivity index (χ2v) is 5.32. The molecule has 0 bridgehead atoms. The highest BCUT2D eigenvalue weighted by molar-refractivity contribution is 9.10. The summed E-state index contributed by atoms with van der Waals surface area (Å²) >= 11 is 3.52. The average molecular weight is 330 g/mol. The SMILES string of the molecule is CCCNC(C)c1cc(Br)ccc1OCCOCC. The molecule has 0 aliphatic heterocycles. The number of hydrogen-bond acceptors (Lipinski definition) is 3. The summed E-state index contributed by atoms with van der Waals surface area (Å²) in [5.74, 6) is 0.930. The lowest BCUT2D eigenvalue weighted by molar-refractivity contribution is 0.109. The first-order chi connectivity index (χ1) is 9.19. The van der Waals surface area contributed by atoms with Crippen molar-refractivity contribution >= 4 is 15.9 Å². The molecule has 0 saturated carbocycles. The molecular weight excluding hydrogens is 306 g/mol. The molecule has 0 aliphatic rings. The van der Waals surface area contributed by atoms with E-state index in [1.165, 1.54) is 5.56 Å². The van der Waals surface area contributed by atoms with Gasteiger partial charge < -0.3 is 14.8 Å². The van der Waals surface area contributed by atoms with Crippen LogP contribution >= 0.6 is 15.9 Å². The van der Waals surface area contributed by atoms with Crippen molar-refractivity contribution < 1.29 is 9.47 Å². The van der Waals surface area contributed by atoms with Gasteiger partial charge in [-0.3, -0.25) is 0 Å². The van der Waals surface area contributed by atoms with E-state index >= 15 is 0 Å². The Kier molecular flexibility index (Phi) is 8.10. The average Bonchev–Trinajstić information content (AvgIpc) is 2.42. The Morgan fingerprint density at radius 1 is 1.26 bits per heavy atom. The van der Waals surface area contributed by atoms with Crippen molar-refractivity contribution in [2.24, 2.45) is 0 Å². The Morgan fingerprint density at radius 2 is 2.05 bits per heavy atom. The zero-order valence-electron chi connectivity index (χ0n) is 12.0. The Balaban J connectivity index is 2.67. The van der Waals surface area contributed by atoms with E-state index in [0.29, 0.717) is 13.2 Å². The summed E-state index contributed by atoms with van der Waals surface area (Å²) in [6.07, 6.45) is 1.12. The number of hydrogen-bond donors (Lipinski definition) is 1. The first kappa shape index (κ1) is 16.5. The van der Waals surface area contributed by atoms with Crippen molar-refractivity contribution in [2.75, 3.05) is 26.4 Å². The van der Waals surface area contributed by atoms with Crippen LogP contribution in [0.3, 0.4) is 0 Å². The number of ether oxygens (including phenoxy) is 2. The molecule has 1 aromatic carbocycles. The predicted molar refractivity (Wildman–Crippen MR) is 82.8 cm³/mol. The zero-order valence-corrected chi connectivity index (χ0v) is 13.6. The molecule has 0 heterocycles. The van der Waals surface area contributed by atoms with E-state index in [0.717, 1.165) is 29.8 Å². The van der Waals surface area contributed by atoms with Crippen molar-refractivity contribution in [2.45, 2.75) is 33.2 Å². The number of benzene rings is 1. The van der Waals surface area contributed by atoms with Crippen LogP contribution in [0, 0.1) is 0 Å². The highest BCUT2D eigenvalue weighted by atomic mass is 79.9. The fourth-order valence-electron chi connectivity index (χ4n) is 1.81. The third-order valence-electron chi connectivity index (χ3n) is 2.83. The van der Waals surface area contributed by atoms with Gasteiger partial charge in [0.25, 0.3) is 0 Å². The molecule has 0 aliphatic carbocycles. The molecule has 3 nitrogen and oxygen atoms in total. The number of nitrogens with one attached hydrogen (secondary N) is 1. The van der Waals surface area contributed by atoms with Gasteiger partial charge in [-0.1, -0.05) is 22.9 Å². The Morgan fingerprint density at radius 3 is 2.74 bits per heavy atom. The minimum absolute atomic E-state index is 0.277. The zero-order chi connectivity index (χ0) is 14.1. The maximum Gasteiger partial charge on any atom is 0.124 e. The molecule has 1 N–H and O–H groups in total. The molecule has 108 valence electrons. The first-order valence-corrected chi connectivity index (χ1v) is 7.71. The van der Waals surface area contributed by atoms with Crippen LogP contribution in [0.1, 0.15) is 38.8 Å². The van der Waals surface area contributed by atoms with Crippen LogP contribution in [0.25, 0.3) is 0 Å². The predicted octanol–water partition coefficient (Wildman–Crippen LogP) is 3.93. The lowest BCUT2D eigenvalue weighted by atomic mass is 10.1. The summed E-state index contributed by atoms with van der Waals surface area (Å²) in [6.45, 7) is 9.26. The van der Waals surface area contributed by atoms with Gasteiger partial charge in [0.05, 0.1) is 6.61 Å². The van der Waals surface area contributed by atoms with Gasteiger partial charge in [0.2, 0.25) is 0 Å². The molecule has 1 unspecified atom stereocenters. The quantitative estimate of drug-likeness (QED) is 0.696. The van der Waals surface area contributed by atoms with E-state index in [-0.39, 0.29) is 6.04 Å². The van der Waals surface area contributed by atoms with Gasteiger partial charge in [-0.15, -0.1) is 0 Å². The monoisotopic (exact) mass is 329 g/mol. The summed E-state index contributed by atoms with van der Waals surface area (Å²) < 4.78 is 12.2. The van der Waals surface area contributed by atoms with Gasteiger partial charge in [0.15, 0.2) is 0 Å². The van der Waals surface area contributed by atoms with Crippen LogP contribution in [0.2, 0.25) is 0 Å². The van der Waals surface area contributed by atoms with Gasteiger partial charge in [-0.2, -0.15) is 0 Å². The Hall–Kier alpha value is -0.580. The van der Waals surface area contributed by atoms with Crippen molar-refractivity contribution in [3.63, 3.8) is 0 Å². The van der Waals surface area contributed by atoms with Crippen LogP contribution in [-0.2, 0) is 4.74 Å². The van der Waals surface area contributed by atoms with Crippen LogP contribution < -0.4 is 10.1 Å². The van der Waals surface area contributed by atoms with Gasteiger partial charge >= 0.3 is 0 Å². The van der Waals surface area contributed by atoms with E-state index in [4.69, 9.17) is 9.47 Å². The van der Waals surface area contributed by atoms with Crippen molar-refractivity contribution in [1.29, 1.82) is 0 Å². The number of rotatable bonds is 9. The van der Waals surface area contributed by atoms with Crippen LogP contribution in [0.15, 0.2) is 22.7 Å². The summed E-state index contributed by atoms with van der Waals surface area (Å²) in [5, 5.41) is 3.49. The fraction of sp³-hybridized carbons (Fsp3) is 0.600. The van der Waals surface area contributed by atoms with Crippen LogP contribution in [-0.4, -0.2) is 26.4 Å². The summed E-state index contributed by atoms with van der Waals surface area (Å²) in [6, 6.07) is 6.41. The second kappa shape index (κ2) is 9.34. The molecule has 4 heteroatoms. The van der Waals surface area contributed by atoms with Gasteiger partial charge in [0, 0.05) is 22.7 Å². The molecule has 0 aromatic heterocycles. The highest BCUT2D eigenvalue weighted by Gasteiger charge is 2.11. The van der Waals surface area contributed by atoms with Crippen LogP contribution in [0.5, 0.6) is 5.75 Å². The molecule has 1 rings (SSSR count). The summed E-state index contributed by atoms with van der Waals surface area (Å²) in [7, 11) is 0. The molecule has 0 spiro atoms. The minimum atomic E-state index is 0.277. The van der Waals surface area contributed by atoms with E-state index in [1.54, 1.807) is 0 Å². The first-order valence-electron chi connectivity index (χ1n) is 6.92. The maximum atomic E-state index is 5.81. The summed E-state index contributed by atoms with van der Waals surface area (Å²) in [5.41, 5.74) is 1.18. The molecule has 19 heavy (non-hydrogen) atoms. The van der Waals surface area contributed by atoms with Gasteiger partial charge in [-0.05, 0) is 45.0 Å². The van der Waals surface area contributed by atoms with E-state index in [9.17, 15) is 0 Å². The van der Waals surface area contributed by atoms with Crippen LogP contribution in [0.4, 0.5) is 0 Å². The van der Waals surface area contributed by atoms with Crippen molar-refractivity contribution in [3.05, 3.63) is 28.2 Å². The molecule has 1 aromatic rings. The molecule has 0 saturated heterocycles. The second-order valence-electron chi connectivity index (χ2n) is 4.40. The Labute approximate surface area is 124 Å². The van der Waals surface area contributed by atoms with Gasteiger partial charge in [0.1, 0.15) is 12.4 Å². The standard InChI is InChI=1S/C15H24BrNO2/c1-4-8-17-12(3)14-11-13(16)6-7-15(14)19-10-9-18-5-2/h6-7,11-12,17H,4-5,8-10H2,1-3H3. The summed E-state index contributed by atoms with van der Waals surface area (Å²) in [4.78, 5) is 0. The third-order valence-corrected chi connectivity index (χ3v) is 3.32. The van der Waals surface area contributed by atoms with E-state index < -0.39 is 0 Å². The molecule has 0 fully saturated rings. The molecular formula is C15H24BrNO2. The van der Waals surface area contributed by atoms with E-state index in [2.05, 4.69) is 41.2 Å².